The van der Waals surface area contributed by atoms with Crippen molar-refractivity contribution in [1.29, 1.82) is 0 Å². The van der Waals surface area contributed by atoms with Crippen LogP contribution in [0.2, 0.25) is 0 Å². The first kappa shape index (κ1) is 19.7. The standard InChI is InChI=1S/C17H26N2O3.ClH/c1-12(2)9-16(18)17(20)19-13-5-3-6-14(10-13)22-11-15-7-4-8-21-15;/h3,5-6,10,12,15-16H,4,7-9,11,18H2,1-2H3,(H,19,20);1H/t15?,16-;/m0./s1. The Bertz CT molecular complexity index is 490. The van der Waals surface area contributed by atoms with Gasteiger partial charge < -0.3 is 20.5 Å². The average molecular weight is 343 g/mol. The molecule has 1 amide bonds. The highest BCUT2D eigenvalue weighted by molar-refractivity contribution is 5.94. The minimum absolute atomic E-state index is 0. The highest BCUT2D eigenvalue weighted by atomic mass is 35.5. The Labute approximate surface area is 144 Å². The van der Waals surface area contributed by atoms with Gasteiger partial charge in [0.05, 0.1) is 12.1 Å². The summed E-state index contributed by atoms with van der Waals surface area (Å²) in [5.41, 5.74) is 6.59. The molecule has 1 aromatic carbocycles. The summed E-state index contributed by atoms with van der Waals surface area (Å²) in [6, 6.07) is 6.89. The predicted molar refractivity (Wildman–Crippen MR) is 94.2 cm³/mol. The van der Waals surface area contributed by atoms with Crippen molar-refractivity contribution in [3.8, 4) is 5.75 Å². The van der Waals surface area contributed by atoms with Crippen LogP contribution >= 0.6 is 12.4 Å². The Balaban J connectivity index is 0.00000264. The summed E-state index contributed by atoms with van der Waals surface area (Å²) in [5.74, 6) is 0.956. The van der Waals surface area contributed by atoms with Crippen molar-refractivity contribution in [3.63, 3.8) is 0 Å². The highest BCUT2D eigenvalue weighted by Gasteiger charge is 2.17. The van der Waals surface area contributed by atoms with Gasteiger partial charge in [0.1, 0.15) is 12.4 Å². The molecule has 0 spiro atoms. The van der Waals surface area contributed by atoms with E-state index in [2.05, 4.69) is 5.32 Å². The van der Waals surface area contributed by atoms with E-state index in [1.165, 1.54) is 0 Å². The maximum absolute atomic E-state index is 12.0. The number of carbonyl (C=O) groups excluding carboxylic acids is 1. The summed E-state index contributed by atoms with van der Waals surface area (Å²) in [4.78, 5) is 12.0. The fourth-order valence-corrected chi connectivity index (χ4v) is 2.48. The first-order valence-corrected chi connectivity index (χ1v) is 7.95. The van der Waals surface area contributed by atoms with Gasteiger partial charge in [0, 0.05) is 18.4 Å². The van der Waals surface area contributed by atoms with E-state index in [1.807, 2.05) is 38.1 Å². The summed E-state index contributed by atoms with van der Waals surface area (Å²) in [5, 5.41) is 2.84. The molecule has 0 aliphatic carbocycles. The molecule has 0 bridgehead atoms. The third-order valence-corrected chi connectivity index (χ3v) is 3.62. The number of anilines is 1. The van der Waals surface area contributed by atoms with E-state index in [1.54, 1.807) is 0 Å². The predicted octanol–water partition coefficient (Wildman–Crippen LogP) is 2.98. The van der Waals surface area contributed by atoms with Crippen molar-refractivity contribution >= 4 is 24.0 Å². The van der Waals surface area contributed by atoms with E-state index in [-0.39, 0.29) is 24.4 Å². The molecule has 3 N–H and O–H groups in total. The van der Waals surface area contributed by atoms with Crippen LogP contribution in [0, 0.1) is 5.92 Å². The molecule has 2 atom stereocenters. The van der Waals surface area contributed by atoms with Gasteiger partial charge in [-0.3, -0.25) is 4.79 Å². The molecule has 0 aromatic heterocycles. The van der Waals surface area contributed by atoms with Crippen molar-refractivity contribution < 1.29 is 14.3 Å². The molecular formula is C17H27ClN2O3. The van der Waals surface area contributed by atoms with E-state index in [0.717, 1.165) is 25.2 Å². The van der Waals surface area contributed by atoms with Crippen LogP contribution in [0.5, 0.6) is 5.75 Å². The molecular weight excluding hydrogens is 316 g/mol. The number of halogens is 1. The molecule has 1 aliphatic heterocycles. The third kappa shape index (κ3) is 6.77. The topological polar surface area (TPSA) is 73.6 Å². The molecule has 0 radical (unpaired) electrons. The van der Waals surface area contributed by atoms with Crippen LogP contribution in [-0.4, -0.2) is 31.3 Å². The maximum Gasteiger partial charge on any atom is 0.241 e. The summed E-state index contributed by atoms with van der Waals surface area (Å²) in [6.07, 6.45) is 2.98. The van der Waals surface area contributed by atoms with Crippen LogP contribution in [0.4, 0.5) is 5.69 Å². The monoisotopic (exact) mass is 342 g/mol. The fourth-order valence-electron chi connectivity index (χ4n) is 2.48. The van der Waals surface area contributed by atoms with Gasteiger partial charge in [0.2, 0.25) is 5.91 Å². The van der Waals surface area contributed by atoms with Crippen molar-refractivity contribution in [2.45, 2.75) is 45.3 Å². The summed E-state index contributed by atoms with van der Waals surface area (Å²) in [6.45, 7) is 5.46. The second-order valence-electron chi connectivity index (χ2n) is 6.20. The van der Waals surface area contributed by atoms with Crippen LogP contribution in [0.15, 0.2) is 24.3 Å². The fraction of sp³-hybridized carbons (Fsp3) is 0.588. The molecule has 6 heteroatoms. The SMILES string of the molecule is CC(C)C[C@H](N)C(=O)Nc1cccc(OCC2CCCO2)c1.Cl. The molecule has 1 saturated heterocycles. The molecule has 130 valence electrons. The van der Waals surface area contributed by atoms with E-state index in [0.29, 0.717) is 24.6 Å². The summed E-state index contributed by atoms with van der Waals surface area (Å²) < 4.78 is 11.3. The van der Waals surface area contributed by atoms with Gasteiger partial charge in [0.25, 0.3) is 0 Å². The van der Waals surface area contributed by atoms with Crippen LogP contribution in [-0.2, 0) is 9.53 Å². The zero-order valence-corrected chi connectivity index (χ0v) is 14.6. The normalized spacial score (nSPS) is 18.3. The number of ether oxygens (including phenoxy) is 2. The summed E-state index contributed by atoms with van der Waals surface area (Å²) >= 11 is 0. The van der Waals surface area contributed by atoms with Gasteiger partial charge >= 0.3 is 0 Å². The lowest BCUT2D eigenvalue weighted by atomic mass is 10.0. The first-order valence-electron chi connectivity index (χ1n) is 7.95. The Morgan fingerprint density at radius 3 is 2.91 bits per heavy atom. The van der Waals surface area contributed by atoms with Crippen LogP contribution in [0.25, 0.3) is 0 Å². The average Bonchev–Trinajstić information content (AvgIpc) is 2.98. The molecule has 5 nitrogen and oxygen atoms in total. The molecule has 1 unspecified atom stereocenters. The molecule has 1 fully saturated rings. The van der Waals surface area contributed by atoms with E-state index in [4.69, 9.17) is 15.2 Å². The lowest BCUT2D eigenvalue weighted by Crippen LogP contribution is -2.36. The Kier molecular flexibility index (Phi) is 8.37. The Morgan fingerprint density at radius 1 is 1.48 bits per heavy atom. The number of amides is 1. The zero-order valence-electron chi connectivity index (χ0n) is 13.8. The molecule has 1 heterocycles. The van der Waals surface area contributed by atoms with Gasteiger partial charge in [-0.2, -0.15) is 0 Å². The minimum Gasteiger partial charge on any atom is -0.491 e. The first-order chi connectivity index (χ1) is 10.5. The van der Waals surface area contributed by atoms with Crippen LogP contribution in [0.1, 0.15) is 33.1 Å². The van der Waals surface area contributed by atoms with Gasteiger partial charge in [-0.15, -0.1) is 12.4 Å². The second-order valence-corrected chi connectivity index (χ2v) is 6.20. The molecule has 0 saturated carbocycles. The van der Waals surface area contributed by atoms with E-state index in [9.17, 15) is 4.79 Å². The largest absolute Gasteiger partial charge is 0.491 e. The third-order valence-electron chi connectivity index (χ3n) is 3.62. The molecule has 1 aromatic rings. The van der Waals surface area contributed by atoms with Gasteiger partial charge in [-0.1, -0.05) is 19.9 Å². The highest BCUT2D eigenvalue weighted by Crippen LogP contribution is 2.20. The van der Waals surface area contributed by atoms with Crippen LogP contribution < -0.4 is 15.8 Å². The lowest BCUT2D eigenvalue weighted by Gasteiger charge is -2.15. The Hall–Kier alpha value is -1.30. The zero-order chi connectivity index (χ0) is 15.9. The van der Waals surface area contributed by atoms with E-state index < -0.39 is 6.04 Å². The smallest absolute Gasteiger partial charge is 0.241 e. The quantitative estimate of drug-likeness (QED) is 0.799. The van der Waals surface area contributed by atoms with Crippen molar-refractivity contribution in [3.05, 3.63) is 24.3 Å². The number of rotatable bonds is 7. The second kappa shape index (κ2) is 9.75. The van der Waals surface area contributed by atoms with Crippen LogP contribution in [0.3, 0.4) is 0 Å². The number of benzene rings is 1. The number of hydrogen-bond donors (Lipinski definition) is 2. The van der Waals surface area contributed by atoms with Gasteiger partial charge in [0.15, 0.2) is 0 Å². The number of nitrogens with one attached hydrogen (secondary N) is 1. The number of hydrogen-bond acceptors (Lipinski definition) is 4. The van der Waals surface area contributed by atoms with Gasteiger partial charge in [-0.05, 0) is 37.3 Å². The van der Waals surface area contributed by atoms with Gasteiger partial charge in [-0.25, -0.2) is 0 Å². The summed E-state index contributed by atoms with van der Waals surface area (Å²) in [7, 11) is 0. The number of carbonyl (C=O) groups is 1. The van der Waals surface area contributed by atoms with Crippen molar-refractivity contribution in [2.24, 2.45) is 11.7 Å². The maximum atomic E-state index is 12.0. The van der Waals surface area contributed by atoms with Crippen molar-refractivity contribution in [1.82, 2.24) is 0 Å². The molecule has 2 rings (SSSR count). The van der Waals surface area contributed by atoms with Crippen molar-refractivity contribution in [2.75, 3.05) is 18.5 Å². The molecule has 1 aliphatic rings. The lowest BCUT2D eigenvalue weighted by molar-refractivity contribution is -0.117. The van der Waals surface area contributed by atoms with E-state index >= 15 is 0 Å². The number of nitrogens with two attached hydrogens (primary N) is 1. The molecule has 23 heavy (non-hydrogen) atoms. The Morgan fingerprint density at radius 2 is 2.26 bits per heavy atom. The minimum atomic E-state index is -0.489.